The van der Waals surface area contributed by atoms with E-state index in [0.717, 1.165) is 38.0 Å². The van der Waals surface area contributed by atoms with E-state index in [9.17, 15) is 4.79 Å². The van der Waals surface area contributed by atoms with Crippen molar-refractivity contribution in [1.29, 1.82) is 0 Å². The first-order valence-electron chi connectivity index (χ1n) is 7.96. The zero-order valence-corrected chi connectivity index (χ0v) is 12.7. The highest BCUT2D eigenvalue weighted by Gasteiger charge is 2.35. The van der Waals surface area contributed by atoms with E-state index in [1.165, 1.54) is 6.39 Å². The summed E-state index contributed by atoms with van der Waals surface area (Å²) in [5.41, 5.74) is 1.47. The molecule has 2 fully saturated rings. The highest BCUT2D eigenvalue weighted by atomic mass is 16.5. The number of anilines is 1. The molecule has 1 saturated carbocycles. The Morgan fingerprint density at radius 2 is 2.22 bits per heavy atom. The quantitative estimate of drug-likeness (QED) is 0.841. The summed E-state index contributed by atoms with van der Waals surface area (Å²) in [5.74, 6) is 0.503. The Bertz CT molecular complexity index is 678. The largest absolute Gasteiger partial charge is 0.438 e. The number of ether oxygens (including phenoxy) is 1. The van der Waals surface area contributed by atoms with Crippen molar-refractivity contribution in [3.05, 3.63) is 36.3 Å². The highest BCUT2D eigenvalue weighted by molar-refractivity contribution is 6.05. The first-order chi connectivity index (χ1) is 11.3. The summed E-state index contributed by atoms with van der Waals surface area (Å²) < 4.78 is 11.1. The van der Waals surface area contributed by atoms with Gasteiger partial charge in [-0.25, -0.2) is 4.98 Å². The van der Waals surface area contributed by atoms with Gasteiger partial charge in [0.1, 0.15) is 0 Å². The molecule has 1 aliphatic carbocycles. The number of carbonyl (C=O) groups excluding carboxylic acids is 1. The summed E-state index contributed by atoms with van der Waals surface area (Å²) in [7, 11) is 0. The molecule has 0 N–H and O–H groups in total. The van der Waals surface area contributed by atoms with Crippen LogP contribution in [-0.2, 0) is 4.74 Å². The molecule has 1 amide bonds. The van der Waals surface area contributed by atoms with E-state index in [2.05, 4.69) is 15.2 Å². The third kappa shape index (κ3) is 2.96. The van der Waals surface area contributed by atoms with Crippen molar-refractivity contribution < 1.29 is 13.9 Å². The van der Waals surface area contributed by atoms with Crippen LogP contribution >= 0.6 is 0 Å². The molecule has 1 saturated heterocycles. The predicted molar refractivity (Wildman–Crippen MR) is 81.2 cm³/mol. The SMILES string of the molecule is O=C(c1ocnc1C1CC1)N(CC1CCCO1)c1ccnnc1. The van der Waals surface area contributed by atoms with Crippen molar-refractivity contribution in [3.8, 4) is 0 Å². The molecule has 2 aliphatic rings. The fraction of sp³-hybridized carbons (Fsp3) is 0.500. The standard InChI is InChI=1S/C16H18N4O3/c21-16(15-14(11-3-4-11)17-10-23-15)20(9-13-2-1-7-22-13)12-5-6-18-19-8-12/h5-6,8,10-11,13H,1-4,7,9H2. The summed E-state index contributed by atoms with van der Waals surface area (Å²) >= 11 is 0. The van der Waals surface area contributed by atoms with Crippen molar-refractivity contribution in [2.75, 3.05) is 18.1 Å². The lowest BCUT2D eigenvalue weighted by Crippen LogP contribution is -2.37. The number of aromatic nitrogens is 3. The number of amides is 1. The molecule has 23 heavy (non-hydrogen) atoms. The molecule has 120 valence electrons. The molecule has 0 spiro atoms. The lowest BCUT2D eigenvalue weighted by Gasteiger charge is -2.24. The van der Waals surface area contributed by atoms with Crippen molar-refractivity contribution in [2.24, 2.45) is 0 Å². The minimum absolute atomic E-state index is 0.0411. The molecule has 0 radical (unpaired) electrons. The number of carbonyl (C=O) groups is 1. The van der Waals surface area contributed by atoms with Gasteiger partial charge in [0.15, 0.2) is 6.39 Å². The first kappa shape index (κ1) is 14.3. The Hall–Kier alpha value is -2.28. The van der Waals surface area contributed by atoms with Crippen molar-refractivity contribution >= 4 is 11.6 Å². The van der Waals surface area contributed by atoms with Gasteiger partial charge in [-0.05, 0) is 31.7 Å². The molecule has 1 unspecified atom stereocenters. The third-order valence-electron chi connectivity index (χ3n) is 4.29. The van der Waals surface area contributed by atoms with E-state index in [0.29, 0.717) is 23.9 Å². The smallest absolute Gasteiger partial charge is 0.296 e. The number of nitrogens with zero attached hydrogens (tertiary/aromatic N) is 4. The normalized spacial score (nSPS) is 20.6. The van der Waals surface area contributed by atoms with Gasteiger partial charge in [0.2, 0.25) is 5.76 Å². The predicted octanol–water partition coefficient (Wildman–Crippen LogP) is 2.17. The molecule has 2 aromatic rings. The summed E-state index contributed by atoms with van der Waals surface area (Å²) in [6.45, 7) is 1.23. The Morgan fingerprint density at radius 3 is 2.91 bits per heavy atom. The van der Waals surface area contributed by atoms with Crippen LogP contribution in [0, 0.1) is 0 Å². The van der Waals surface area contributed by atoms with Gasteiger partial charge in [-0.2, -0.15) is 10.2 Å². The van der Waals surface area contributed by atoms with Gasteiger partial charge < -0.3 is 14.1 Å². The van der Waals surface area contributed by atoms with Gasteiger partial charge in [0.05, 0.1) is 36.4 Å². The molecule has 2 aromatic heterocycles. The maximum Gasteiger partial charge on any atom is 0.296 e. The molecular weight excluding hydrogens is 296 g/mol. The molecule has 0 aromatic carbocycles. The average molecular weight is 314 g/mol. The molecule has 3 heterocycles. The van der Waals surface area contributed by atoms with Crippen molar-refractivity contribution in [2.45, 2.75) is 37.7 Å². The molecule has 0 bridgehead atoms. The van der Waals surface area contributed by atoms with Gasteiger partial charge in [0.25, 0.3) is 5.91 Å². The Kier molecular flexibility index (Phi) is 3.78. The van der Waals surface area contributed by atoms with Gasteiger partial charge in [-0.15, -0.1) is 0 Å². The molecule has 4 rings (SSSR count). The zero-order chi connectivity index (χ0) is 15.6. The van der Waals surface area contributed by atoms with Gasteiger partial charge in [-0.1, -0.05) is 0 Å². The number of oxazole rings is 1. The average Bonchev–Trinajstić information content (AvgIpc) is 3.11. The second kappa shape index (κ2) is 6.08. The first-order valence-corrected chi connectivity index (χ1v) is 7.96. The van der Waals surface area contributed by atoms with E-state index in [1.54, 1.807) is 23.4 Å². The van der Waals surface area contributed by atoms with Crippen molar-refractivity contribution in [1.82, 2.24) is 15.2 Å². The van der Waals surface area contributed by atoms with Crippen LogP contribution in [-0.4, -0.2) is 40.3 Å². The number of rotatable bonds is 5. The molecule has 7 heteroatoms. The number of hydrogen-bond donors (Lipinski definition) is 0. The molecule has 1 atom stereocenters. The second-order valence-corrected chi connectivity index (χ2v) is 5.99. The van der Waals surface area contributed by atoms with E-state index < -0.39 is 0 Å². The third-order valence-corrected chi connectivity index (χ3v) is 4.29. The Labute approximate surface area is 133 Å². The zero-order valence-electron chi connectivity index (χ0n) is 12.7. The van der Waals surface area contributed by atoms with Crippen LogP contribution in [0.2, 0.25) is 0 Å². The summed E-state index contributed by atoms with van der Waals surface area (Å²) in [6.07, 6.45) is 8.67. The van der Waals surface area contributed by atoms with E-state index in [4.69, 9.17) is 9.15 Å². The van der Waals surface area contributed by atoms with E-state index in [1.807, 2.05) is 0 Å². The maximum atomic E-state index is 13.0. The summed E-state index contributed by atoms with van der Waals surface area (Å²) in [5, 5.41) is 7.67. The fourth-order valence-corrected chi connectivity index (χ4v) is 2.93. The Morgan fingerprint density at radius 1 is 1.30 bits per heavy atom. The summed E-state index contributed by atoms with van der Waals surface area (Å²) in [4.78, 5) is 18.9. The lowest BCUT2D eigenvalue weighted by molar-refractivity contribution is 0.0893. The van der Waals surface area contributed by atoms with E-state index in [-0.39, 0.29) is 12.0 Å². The monoisotopic (exact) mass is 314 g/mol. The van der Waals surface area contributed by atoms with Crippen LogP contribution in [0.1, 0.15) is 47.8 Å². The van der Waals surface area contributed by atoms with Gasteiger partial charge >= 0.3 is 0 Å². The van der Waals surface area contributed by atoms with Crippen LogP contribution in [0.25, 0.3) is 0 Å². The van der Waals surface area contributed by atoms with E-state index >= 15 is 0 Å². The lowest BCUT2D eigenvalue weighted by atomic mass is 10.2. The van der Waals surface area contributed by atoms with Gasteiger partial charge in [0, 0.05) is 12.5 Å². The van der Waals surface area contributed by atoms with Crippen LogP contribution in [0.5, 0.6) is 0 Å². The topological polar surface area (TPSA) is 81.4 Å². The van der Waals surface area contributed by atoms with Crippen molar-refractivity contribution in [3.63, 3.8) is 0 Å². The fourth-order valence-electron chi connectivity index (χ4n) is 2.93. The minimum Gasteiger partial charge on any atom is -0.438 e. The van der Waals surface area contributed by atoms with Crippen LogP contribution < -0.4 is 4.90 Å². The minimum atomic E-state index is -0.187. The van der Waals surface area contributed by atoms with Crippen LogP contribution in [0.15, 0.2) is 29.3 Å². The van der Waals surface area contributed by atoms with Gasteiger partial charge in [-0.3, -0.25) is 4.79 Å². The molecular formula is C16H18N4O3. The molecule has 7 nitrogen and oxygen atoms in total. The summed E-state index contributed by atoms with van der Waals surface area (Å²) in [6, 6.07) is 1.77. The maximum absolute atomic E-state index is 13.0. The highest BCUT2D eigenvalue weighted by Crippen LogP contribution is 2.41. The second-order valence-electron chi connectivity index (χ2n) is 5.99. The van der Waals surface area contributed by atoms with Crippen LogP contribution in [0.4, 0.5) is 5.69 Å². The Balaban J connectivity index is 1.63. The van der Waals surface area contributed by atoms with Crippen LogP contribution in [0.3, 0.4) is 0 Å². The number of hydrogen-bond acceptors (Lipinski definition) is 6. The molecule has 1 aliphatic heterocycles.